The van der Waals surface area contributed by atoms with Gasteiger partial charge in [0, 0.05) is 19.0 Å². The third-order valence-electron chi connectivity index (χ3n) is 5.16. The van der Waals surface area contributed by atoms with Gasteiger partial charge in [0.15, 0.2) is 0 Å². The number of hydrogen-bond donors (Lipinski definition) is 0. The zero-order valence-electron chi connectivity index (χ0n) is 15.1. The number of fused-ring (bicyclic) bond motifs is 1. The number of nitrogens with zero attached hydrogens (tertiary/aromatic N) is 4. The summed E-state index contributed by atoms with van der Waals surface area (Å²) in [6.07, 6.45) is 6.79. The van der Waals surface area contributed by atoms with Crippen LogP contribution in [0.25, 0.3) is 10.8 Å². The molecule has 1 amide bonds. The van der Waals surface area contributed by atoms with E-state index in [1.165, 1.54) is 22.7 Å². The van der Waals surface area contributed by atoms with Crippen LogP contribution in [-0.4, -0.2) is 31.6 Å². The van der Waals surface area contributed by atoms with E-state index in [0.717, 1.165) is 25.8 Å². The number of aryl methyl sites for hydroxylation is 1. The molecule has 4 rings (SSSR count). The van der Waals surface area contributed by atoms with E-state index in [9.17, 15) is 4.79 Å². The molecular formula is C21H24N4O. The average Bonchev–Trinajstić information content (AvgIpc) is 3.35. The van der Waals surface area contributed by atoms with Crippen LogP contribution in [0.15, 0.2) is 55.1 Å². The Morgan fingerprint density at radius 3 is 2.81 bits per heavy atom. The second kappa shape index (κ2) is 7.28. The Balaban J connectivity index is 1.51. The first-order chi connectivity index (χ1) is 12.7. The van der Waals surface area contributed by atoms with E-state index in [1.54, 1.807) is 11.0 Å². The van der Waals surface area contributed by atoms with Gasteiger partial charge in [0.05, 0.1) is 6.04 Å². The van der Waals surface area contributed by atoms with Crippen molar-refractivity contribution < 1.29 is 4.79 Å². The molecule has 0 radical (unpaired) electrons. The molecule has 5 nitrogen and oxygen atoms in total. The second-order valence-electron chi connectivity index (χ2n) is 7.04. The minimum atomic E-state index is 0.0903. The zero-order chi connectivity index (χ0) is 17.9. The molecule has 0 unspecified atom stereocenters. The predicted octanol–water partition coefficient (Wildman–Crippen LogP) is 3.96. The largest absolute Gasteiger partial charge is 0.333 e. The molecular weight excluding hydrogens is 324 g/mol. The van der Waals surface area contributed by atoms with Gasteiger partial charge in [0.25, 0.3) is 0 Å². The van der Waals surface area contributed by atoms with E-state index >= 15 is 0 Å². The van der Waals surface area contributed by atoms with Crippen LogP contribution in [0.3, 0.4) is 0 Å². The monoisotopic (exact) mass is 348 g/mol. The number of amides is 1. The summed E-state index contributed by atoms with van der Waals surface area (Å²) in [4.78, 5) is 19.0. The summed E-state index contributed by atoms with van der Waals surface area (Å²) in [5.41, 5.74) is 1.24. The van der Waals surface area contributed by atoms with Gasteiger partial charge in [-0.15, -0.1) is 0 Å². The van der Waals surface area contributed by atoms with E-state index < -0.39 is 0 Å². The Hall–Kier alpha value is -2.69. The molecule has 5 heteroatoms. The summed E-state index contributed by atoms with van der Waals surface area (Å²) < 4.78 is 1.78. The van der Waals surface area contributed by atoms with Gasteiger partial charge in [-0.1, -0.05) is 42.5 Å². The first-order valence-corrected chi connectivity index (χ1v) is 9.35. The van der Waals surface area contributed by atoms with E-state index in [4.69, 9.17) is 0 Å². The maximum absolute atomic E-state index is 13.0. The molecule has 0 N–H and O–H groups in total. The molecule has 0 aliphatic heterocycles. The third-order valence-corrected chi connectivity index (χ3v) is 5.16. The molecule has 1 heterocycles. The van der Waals surface area contributed by atoms with E-state index in [2.05, 4.69) is 64.4 Å². The van der Waals surface area contributed by atoms with Crippen LogP contribution in [0.5, 0.6) is 0 Å². The van der Waals surface area contributed by atoms with Gasteiger partial charge in [-0.25, -0.2) is 4.98 Å². The van der Waals surface area contributed by atoms with E-state index in [-0.39, 0.29) is 11.9 Å². The van der Waals surface area contributed by atoms with Crippen molar-refractivity contribution in [2.24, 2.45) is 0 Å². The summed E-state index contributed by atoms with van der Waals surface area (Å²) in [5, 5.41) is 6.57. The summed E-state index contributed by atoms with van der Waals surface area (Å²) >= 11 is 0. The standard InChI is InChI=1S/C21H24N4O/c1-16(19-9-4-7-17-6-2-3-8-20(17)19)25(18-11-12-18)21(26)10-5-13-24-15-22-14-23-24/h2-4,6-9,14-16,18H,5,10-13H2,1H3/t16-/m0/s1. The van der Waals surface area contributed by atoms with Crippen LogP contribution >= 0.6 is 0 Å². The Morgan fingerprint density at radius 2 is 2.04 bits per heavy atom. The van der Waals surface area contributed by atoms with Gasteiger partial charge in [-0.05, 0) is 42.5 Å². The van der Waals surface area contributed by atoms with Crippen LogP contribution in [0.1, 0.15) is 44.2 Å². The Kier molecular flexibility index (Phi) is 4.69. The fourth-order valence-electron chi connectivity index (χ4n) is 3.72. The van der Waals surface area contributed by atoms with Crippen molar-refractivity contribution >= 4 is 16.7 Å². The molecule has 2 aromatic carbocycles. The number of carbonyl (C=O) groups is 1. The zero-order valence-corrected chi connectivity index (χ0v) is 15.1. The molecule has 1 saturated carbocycles. The lowest BCUT2D eigenvalue weighted by molar-refractivity contribution is -0.134. The van der Waals surface area contributed by atoms with E-state index in [1.807, 2.05) is 0 Å². The fourth-order valence-corrected chi connectivity index (χ4v) is 3.72. The molecule has 0 bridgehead atoms. The number of carbonyl (C=O) groups excluding carboxylic acids is 1. The number of aromatic nitrogens is 3. The molecule has 1 atom stereocenters. The minimum absolute atomic E-state index is 0.0903. The van der Waals surface area contributed by atoms with E-state index in [0.29, 0.717) is 12.5 Å². The van der Waals surface area contributed by atoms with Crippen LogP contribution in [0.4, 0.5) is 0 Å². The molecule has 3 aromatic rings. The van der Waals surface area contributed by atoms with Gasteiger partial charge >= 0.3 is 0 Å². The normalized spacial score (nSPS) is 15.1. The molecule has 26 heavy (non-hydrogen) atoms. The smallest absolute Gasteiger partial charge is 0.223 e. The van der Waals surface area contributed by atoms with Crippen LogP contribution in [-0.2, 0) is 11.3 Å². The Morgan fingerprint density at radius 1 is 1.23 bits per heavy atom. The van der Waals surface area contributed by atoms with Crippen molar-refractivity contribution in [3.63, 3.8) is 0 Å². The lowest BCUT2D eigenvalue weighted by atomic mass is 9.98. The maximum atomic E-state index is 13.0. The van der Waals surface area contributed by atoms with Gasteiger partial charge < -0.3 is 4.90 Å². The van der Waals surface area contributed by atoms with Crippen molar-refractivity contribution in [2.75, 3.05) is 0 Å². The average molecular weight is 348 g/mol. The van der Waals surface area contributed by atoms with Crippen molar-refractivity contribution in [3.8, 4) is 0 Å². The summed E-state index contributed by atoms with van der Waals surface area (Å²) in [7, 11) is 0. The first kappa shape index (κ1) is 16.8. The molecule has 1 fully saturated rings. The molecule has 0 spiro atoms. The topological polar surface area (TPSA) is 51.0 Å². The van der Waals surface area contributed by atoms with Gasteiger partial charge in [-0.2, -0.15) is 5.10 Å². The fraction of sp³-hybridized carbons (Fsp3) is 0.381. The summed E-state index contributed by atoms with van der Waals surface area (Å²) in [5.74, 6) is 0.244. The Bertz CT molecular complexity index is 881. The highest BCUT2D eigenvalue weighted by atomic mass is 16.2. The highest BCUT2D eigenvalue weighted by Gasteiger charge is 2.36. The van der Waals surface area contributed by atoms with Crippen molar-refractivity contribution in [1.29, 1.82) is 0 Å². The van der Waals surface area contributed by atoms with Crippen molar-refractivity contribution in [3.05, 3.63) is 60.7 Å². The molecule has 1 aliphatic carbocycles. The minimum Gasteiger partial charge on any atom is -0.333 e. The molecule has 134 valence electrons. The highest BCUT2D eigenvalue weighted by Crippen LogP contribution is 2.37. The maximum Gasteiger partial charge on any atom is 0.223 e. The summed E-state index contributed by atoms with van der Waals surface area (Å²) in [6.45, 7) is 2.89. The SMILES string of the molecule is C[C@@H](c1cccc2ccccc12)N(C(=O)CCCn1cncn1)C1CC1. The second-order valence-corrected chi connectivity index (χ2v) is 7.04. The van der Waals surface area contributed by atoms with Gasteiger partial charge in [0.1, 0.15) is 12.7 Å². The lowest BCUT2D eigenvalue weighted by Gasteiger charge is -2.31. The number of benzene rings is 2. The number of hydrogen-bond acceptors (Lipinski definition) is 3. The van der Waals surface area contributed by atoms with Crippen LogP contribution < -0.4 is 0 Å². The molecule has 1 aromatic heterocycles. The molecule has 0 saturated heterocycles. The van der Waals surface area contributed by atoms with Gasteiger partial charge in [-0.3, -0.25) is 9.48 Å². The highest BCUT2D eigenvalue weighted by molar-refractivity contribution is 5.87. The third kappa shape index (κ3) is 3.47. The molecule has 1 aliphatic rings. The predicted molar refractivity (Wildman–Crippen MR) is 101 cm³/mol. The first-order valence-electron chi connectivity index (χ1n) is 9.35. The van der Waals surface area contributed by atoms with Crippen LogP contribution in [0, 0.1) is 0 Å². The van der Waals surface area contributed by atoms with Gasteiger partial charge in [0.2, 0.25) is 5.91 Å². The van der Waals surface area contributed by atoms with Crippen LogP contribution in [0.2, 0.25) is 0 Å². The Labute approximate surface area is 153 Å². The summed E-state index contributed by atoms with van der Waals surface area (Å²) in [6, 6.07) is 15.3. The van der Waals surface area contributed by atoms with Crippen molar-refractivity contribution in [1.82, 2.24) is 19.7 Å². The quantitative estimate of drug-likeness (QED) is 0.649. The van der Waals surface area contributed by atoms with Crippen molar-refractivity contribution in [2.45, 2.75) is 51.2 Å². The number of rotatable bonds is 7. The lowest BCUT2D eigenvalue weighted by Crippen LogP contribution is -2.35.